The molecule has 1 aromatic heterocycles. The summed E-state index contributed by atoms with van der Waals surface area (Å²) in [7, 11) is 0. The third-order valence-electron chi connectivity index (χ3n) is 1.43. The van der Waals surface area contributed by atoms with Gasteiger partial charge in [0.05, 0.1) is 0 Å². The Hall–Kier alpha value is -2.11. The van der Waals surface area contributed by atoms with E-state index in [1.807, 2.05) is 0 Å². The number of furan rings is 1. The molecule has 1 N–H and O–H groups in total. The third-order valence-corrected chi connectivity index (χ3v) is 1.43. The minimum Gasteiger partial charge on any atom is -0.475 e. The summed E-state index contributed by atoms with van der Waals surface area (Å²) in [5.74, 6) is -3.89. The highest BCUT2D eigenvalue weighted by Gasteiger charge is 2.18. The molecule has 1 radical (unpaired) electrons. The molecule has 0 aliphatic heterocycles. The number of rotatable bonds is 3. The fourth-order valence-electron chi connectivity index (χ4n) is 0.767. The molecule has 0 spiro atoms. The van der Waals surface area contributed by atoms with E-state index in [9.17, 15) is 14.4 Å². The Morgan fingerprint density at radius 2 is 1.93 bits per heavy atom. The summed E-state index contributed by atoms with van der Waals surface area (Å²) in [5.41, 5.74) is 0. The Labute approximate surface area is 84.4 Å². The van der Waals surface area contributed by atoms with Crippen LogP contribution in [0.25, 0.3) is 0 Å². The van der Waals surface area contributed by atoms with Crippen LogP contribution in [-0.2, 0) is 9.53 Å². The average Bonchev–Trinajstić information content (AvgIpc) is 2.66. The van der Waals surface area contributed by atoms with E-state index in [0.29, 0.717) is 0 Å². The number of esters is 2. The summed E-state index contributed by atoms with van der Waals surface area (Å²) >= 11 is 0. The van der Waals surface area contributed by atoms with Gasteiger partial charge in [0.2, 0.25) is 11.5 Å². The second-order valence-electron chi connectivity index (χ2n) is 2.48. The predicted octanol–water partition coefficient (Wildman–Crippen LogP) is 0.885. The van der Waals surface area contributed by atoms with E-state index in [4.69, 9.17) is 5.11 Å². The maximum absolute atomic E-state index is 11.1. The molecule has 0 atom stereocenters. The van der Waals surface area contributed by atoms with Crippen LogP contribution >= 0.6 is 0 Å². The van der Waals surface area contributed by atoms with Crippen molar-refractivity contribution in [3.63, 3.8) is 0 Å². The summed E-state index contributed by atoms with van der Waals surface area (Å²) in [4.78, 5) is 32.2. The lowest BCUT2D eigenvalue weighted by atomic mass is 10.4. The number of hydrogen-bond donors (Lipinski definition) is 1. The molecule has 1 heterocycles. The lowest BCUT2D eigenvalue weighted by Crippen LogP contribution is -2.10. The highest BCUT2D eigenvalue weighted by molar-refractivity contribution is 5.96. The molecule has 6 heteroatoms. The number of hydrogen-bond acceptors (Lipinski definition) is 5. The first-order chi connectivity index (χ1) is 7.04. The molecular weight excluding hydrogens is 204 g/mol. The number of carboxylic acid groups (broad SMARTS) is 1. The second-order valence-corrected chi connectivity index (χ2v) is 2.48. The molecule has 0 bridgehead atoms. The molecule has 0 aliphatic carbocycles. The summed E-state index contributed by atoms with van der Waals surface area (Å²) in [6.07, 6.45) is -0.196. The van der Waals surface area contributed by atoms with Gasteiger partial charge in [0.25, 0.3) is 0 Å². The van der Waals surface area contributed by atoms with Gasteiger partial charge in [0, 0.05) is 6.42 Å². The van der Waals surface area contributed by atoms with E-state index in [0.717, 1.165) is 12.1 Å². The monoisotopic (exact) mass is 211 g/mol. The first-order valence-electron chi connectivity index (χ1n) is 3.92. The van der Waals surface area contributed by atoms with Gasteiger partial charge < -0.3 is 14.3 Å². The maximum Gasteiger partial charge on any atom is 0.381 e. The molecular formula is C9H7O6. The van der Waals surface area contributed by atoms with Crippen molar-refractivity contribution in [1.82, 2.24) is 0 Å². The quantitative estimate of drug-likeness (QED) is 0.589. The molecule has 0 saturated heterocycles. The Balaban J connectivity index is 2.74. The molecule has 0 saturated carbocycles. The van der Waals surface area contributed by atoms with Gasteiger partial charge in [-0.15, -0.1) is 0 Å². The highest BCUT2D eigenvalue weighted by atomic mass is 16.6. The Morgan fingerprint density at radius 3 is 2.40 bits per heavy atom. The van der Waals surface area contributed by atoms with Crippen molar-refractivity contribution < 1.29 is 28.6 Å². The number of carbonyl (C=O) groups excluding carboxylic acids is 2. The minimum atomic E-state index is -1.31. The summed E-state index contributed by atoms with van der Waals surface area (Å²) in [5, 5.41) is 8.49. The molecule has 1 rings (SSSR count). The van der Waals surface area contributed by atoms with Crippen molar-refractivity contribution >= 4 is 17.9 Å². The third kappa shape index (κ3) is 2.67. The molecule has 0 fully saturated rings. The zero-order valence-corrected chi connectivity index (χ0v) is 7.56. The first-order valence-corrected chi connectivity index (χ1v) is 3.92. The van der Waals surface area contributed by atoms with Crippen molar-refractivity contribution in [3.05, 3.63) is 30.6 Å². The normalized spacial score (nSPS) is 9.67. The van der Waals surface area contributed by atoms with Gasteiger partial charge in [0.15, 0.2) is 0 Å². The van der Waals surface area contributed by atoms with Crippen LogP contribution in [0.1, 0.15) is 27.5 Å². The summed E-state index contributed by atoms with van der Waals surface area (Å²) < 4.78 is 8.86. The van der Waals surface area contributed by atoms with Crippen LogP contribution in [0.15, 0.2) is 16.5 Å². The number of carbonyl (C=O) groups is 3. The van der Waals surface area contributed by atoms with Crippen LogP contribution in [0.2, 0.25) is 0 Å². The number of aromatic carboxylic acids is 1. The highest BCUT2D eigenvalue weighted by Crippen LogP contribution is 2.09. The average molecular weight is 211 g/mol. The van der Waals surface area contributed by atoms with Gasteiger partial charge in [-0.1, -0.05) is 0 Å². The summed E-state index contributed by atoms with van der Waals surface area (Å²) in [6, 6.07) is 2.20. The molecule has 0 amide bonds. The molecule has 0 aromatic carbocycles. The topological polar surface area (TPSA) is 93.8 Å². The van der Waals surface area contributed by atoms with Crippen molar-refractivity contribution in [3.8, 4) is 0 Å². The lowest BCUT2D eigenvalue weighted by Gasteiger charge is -1.96. The van der Waals surface area contributed by atoms with Gasteiger partial charge in [-0.05, 0) is 19.1 Å². The molecule has 6 nitrogen and oxygen atoms in total. The van der Waals surface area contributed by atoms with E-state index in [-0.39, 0.29) is 12.2 Å². The van der Waals surface area contributed by atoms with Crippen molar-refractivity contribution in [1.29, 1.82) is 0 Å². The van der Waals surface area contributed by atoms with E-state index in [2.05, 4.69) is 16.1 Å². The smallest absolute Gasteiger partial charge is 0.381 e. The maximum atomic E-state index is 11.1. The standard InChI is InChI=1S/C9H7O6/c1-2-7(10)15-9(13)6-4-3-5(14-6)8(11)12/h3-4H,1-2H2,(H,11,12). The molecule has 15 heavy (non-hydrogen) atoms. The van der Waals surface area contributed by atoms with Crippen molar-refractivity contribution in [2.75, 3.05) is 0 Å². The van der Waals surface area contributed by atoms with Gasteiger partial charge >= 0.3 is 17.9 Å². The van der Waals surface area contributed by atoms with Crippen molar-refractivity contribution in [2.24, 2.45) is 0 Å². The molecule has 79 valence electrons. The molecule has 1 aromatic rings. The van der Waals surface area contributed by atoms with Gasteiger partial charge in [-0.3, -0.25) is 4.79 Å². The SMILES string of the molecule is [CH2]CC(=O)OC(=O)c1ccc(C(=O)O)o1. The Morgan fingerprint density at radius 1 is 1.33 bits per heavy atom. The zero-order chi connectivity index (χ0) is 11.4. The van der Waals surface area contributed by atoms with E-state index < -0.39 is 23.7 Å². The fourth-order valence-corrected chi connectivity index (χ4v) is 0.767. The second kappa shape index (κ2) is 4.41. The van der Waals surface area contributed by atoms with Crippen LogP contribution in [0, 0.1) is 6.92 Å². The number of carboxylic acids is 1. The van der Waals surface area contributed by atoms with Crippen molar-refractivity contribution in [2.45, 2.75) is 6.42 Å². The zero-order valence-electron chi connectivity index (χ0n) is 7.56. The largest absolute Gasteiger partial charge is 0.475 e. The number of ether oxygens (including phenoxy) is 1. The van der Waals surface area contributed by atoms with Gasteiger partial charge in [0.1, 0.15) is 0 Å². The van der Waals surface area contributed by atoms with Gasteiger partial charge in [-0.2, -0.15) is 0 Å². The molecule has 0 aliphatic rings. The van der Waals surface area contributed by atoms with Crippen LogP contribution in [0.4, 0.5) is 0 Å². The first kappa shape index (κ1) is 11.0. The predicted molar refractivity (Wildman–Crippen MR) is 46.1 cm³/mol. The van der Waals surface area contributed by atoms with Crippen LogP contribution in [-0.4, -0.2) is 23.0 Å². The lowest BCUT2D eigenvalue weighted by molar-refractivity contribution is -0.137. The van der Waals surface area contributed by atoms with E-state index >= 15 is 0 Å². The Bertz CT molecular complexity index is 402. The van der Waals surface area contributed by atoms with Crippen LogP contribution in [0.3, 0.4) is 0 Å². The van der Waals surface area contributed by atoms with E-state index in [1.165, 1.54) is 0 Å². The van der Waals surface area contributed by atoms with Gasteiger partial charge in [-0.25, -0.2) is 9.59 Å². The van der Waals surface area contributed by atoms with Crippen LogP contribution in [0.5, 0.6) is 0 Å². The minimum absolute atomic E-state index is 0.196. The Kier molecular flexibility index (Phi) is 3.22. The fraction of sp³-hybridized carbons (Fsp3) is 0.111. The van der Waals surface area contributed by atoms with E-state index in [1.54, 1.807) is 0 Å². The molecule has 0 unspecified atom stereocenters. The summed E-state index contributed by atoms with van der Waals surface area (Å²) in [6.45, 7) is 3.21. The van der Waals surface area contributed by atoms with Crippen LogP contribution < -0.4 is 0 Å².